The zero-order valence-electron chi connectivity index (χ0n) is 11.2. The first-order chi connectivity index (χ1) is 10.1. The Balaban J connectivity index is 1.86. The normalized spacial score (nSPS) is 20.0. The highest BCUT2D eigenvalue weighted by molar-refractivity contribution is 7.08. The van der Waals surface area contributed by atoms with Gasteiger partial charge in [0.2, 0.25) is 0 Å². The smallest absolute Gasteiger partial charge is 0.311 e. The van der Waals surface area contributed by atoms with Crippen molar-refractivity contribution in [2.75, 3.05) is 0 Å². The van der Waals surface area contributed by atoms with Gasteiger partial charge in [-0.25, -0.2) is 0 Å². The Labute approximate surface area is 125 Å². The van der Waals surface area contributed by atoms with Crippen molar-refractivity contribution in [2.24, 2.45) is 0 Å². The second-order valence-electron chi connectivity index (χ2n) is 4.97. The van der Waals surface area contributed by atoms with Crippen LogP contribution in [0.2, 0.25) is 0 Å². The van der Waals surface area contributed by atoms with Gasteiger partial charge in [0.25, 0.3) is 5.91 Å². The van der Waals surface area contributed by atoms with Crippen molar-refractivity contribution in [3.05, 3.63) is 46.0 Å². The van der Waals surface area contributed by atoms with Gasteiger partial charge < -0.3 is 10.4 Å². The van der Waals surface area contributed by atoms with Crippen LogP contribution in [0.5, 0.6) is 0 Å². The molecule has 1 aromatic heterocycles. The molecule has 108 valence electrons. The number of carboxylic acid groups (broad SMARTS) is 1. The molecule has 6 nitrogen and oxygen atoms in total. The number of carbonyl (C=O) groups excluding carboxylic acids is 1. The first-order valence-corrected chi connectivity index (χ1v) is 7.26. The van der Waals surface area contributed by atoms with E-state index in [9.17, 15) is 14.7 Å². The van der Waals surface area contributed by atoms with Gasteiger partial charge in [0.15, 0.2) is 0 Å². The first-order valence-electron chi connectivity index (χ1n) is 6.49. The molecule has 7 heteroatoms. The number of hydrogen-bond acceptors (Lipinski definition) is 5. The summed E-state index contributed by atoms with van der Waals surface area (Å²) in [6.07, 6.45) is 0.367. The van der Waals surface area contributed by atoms with Crippen LogP contribution in [0.15, 0.2) is 24.3 Å². The van der Waals surface area contributed by atoms with Crippen LogP contribution in [0.4, 0.5) is 0 Å². The van der Waals surface area contributed by atoms with E-state index in [0.717, 1.165) is 22.7 Å². The van der Waals surface area contributed by atoms with Crippen LogP contribution in [0.25, 0.3) is 0 Å². The lowest BCUT2D eigenvalue weighted by Gasteiger charge is -2.13. The Morgan fingerprint density at radius 3 is 2.67 bits per heavy atom. The van der Waals surface area contributed by atoms with Crippen LogP contribution < -0.4 is 5.32 Å². The number of nitrogens with one attached hydrogen (secondary N) is 1. The highest BCUT2D eigenvalue weighted by atomic mass is 32.1. The third-order valence-corrected chi connectivity index (χ3v) is 4.51. The number of nitrogens with zero attached hydrogens (tertiary/aromatic N) is 2. The van der Waals surface area contributed by atoms with E-state index in [0.29, 0.717) is 17.0 Å². The minimum atomic E-state index is -0.866. The molecule has 2 N–H and O–H groups in total. The number of aromatic nitrogens is 2. The molecular weight excluding hydrogens is 290 g/mol. The maximum absolute atomic E-state index is 12.2. The molecule has 0 saturated carbocycles. The third-order valence-electron chi connectivity index (χ3n) is 3.68. The molecule has 1 heterocycles. The third kappa shape index (κ3) is 2.40. The van der Waals surface area contributed by atoms with Gasteiger partial charge in [-0.15, -0.1) is 5.10 Å². The predicted molar refractivity (Wildman–Crippen MR) is 76.3 cm³/mol. The molecule has 1 aromatic carbocycles. The Morgan fingerprint density at radius 1 is 1.33 bits per heavy atom. The summed E-state index contributed by atoms with van der Waals surface area (Å²) in [5.74, 6) is -1.70. The van der Waals surface area contributed by atoms with Gasteiger partial charge in [-0.3, -0.25) is 9.59 Å². The van der Waals surface area contributed by atoms with E-state index < -0.39 is 11.9 Å². The Hall–Kier alpha value is -2.28. The summed E-state index contributed by atoms with van der Waals surface area (Å²) in [6, 6.07) is 7.04. The topological polar surface area (TPSA) is 92.2 Å². The van der Waals surface area contributed by atoms with Gasteiger partial charge in [0.05, 0.1) is 17.7 Å². The average molecular weight is 303 g/mol. The van der Waals surface area contributed by atoms with E-state index in [4.69, 9.17) is 0 Å². The molecule has 1 aliphatic rings. The molecule has 0 spiro atoms. The van der Waals surface area contributed by atoms with Crippen molar-refractivity contribution in [3.8, 4) is 0 Å². The lowest BCUT2D eigenvalue weighted by atomic mass is 10.0. The van der Waals surface area contributed by atoms with Gasteiger partial charge in [-0.1, -0.05) is 28.8 Å². The van der Waals surface area contributed by atoms with Gasteiger partial charge >= 0.3 is 5.97 Å². The van der Waals surface area contributed by atoms with E-state index in [2.05, 4.69) is 14.9 Å². The average Bonchev–Trinajstić information content (AvgIpc) is 3.03. The summed E-state index contributed by atoms with van der Waals surface area (Å²) >= 11 is 1.04. The number of hydrogen-bond donors (Lipinski definition) is 2. The number of rotatable bonds is 3. The molecule has 1 aliphatic carbocycles. The summed E-state index contributed by atoms with van der Waals surface area (Å²) < 4.78 is 3.74. The maximum atomic E-state index is 12.2. The van der Waals surface area contributed by atoms with Crippen LogP contribution >= 0.6 is 11.5 Å². The second-order valence-corrected chi connectivity index (χ2v) is 5.72. The summed E-state index contributed by atoms with van der Waals surface area (Å²) in [4.78, 5) is 24.1. The molecule has 0 bridgehead atoms. The van der Waals surface area contributed by atoms with Crippen LogP contribution in [0, 0.1) is 6.92 Å². The monoisotopic (exact) mass is 303 g/mol. The van der Waals surface area contributed by atoms with Crippen LogP contribution in [-0.2, 0) is 4.79 Å². The largest absolute Gasteiger partial charge is 0.481 e. The van der Waals surface area contributed by atoms with Crippen molar-refractivity contribution < 1.29 is 14.7 Å². The number of amides is 1. The van der Waals surface area contributed by atoms with Crippen LogP contribution in [0.1, 0.15) is 44.9 Å². The fraction of sp³-hybridized carbons (Fsp3) is 0.286. The molecule has 21 heavy (non-hydrogen) atoms. The van der Waals surface area contributed by atoms with Crippen LogP contribution in [0.3, 0.4) is 0 Å². The summed E-state index contributed by atoms with van der Waals surface area (Å²) in [5.41, 5.74) is 2.22. The molecule has 2 atom stereocenters. The summed E-state index contributed by atoms with van der Waals surface area (Å²) in [6.45, 7) is 1.72. The lowest BCUT2D eigenvalue weighted by molar-refractivity contribution is -0.138. The van der Waals surface area contributed by atoms with E-state index in [1.807, 2.05) is 18.2 Å². The molecule has 1 amide bonds. The maximum Gasteiger partial charge on any atom is 0.311 e. The Morgan fingerprint density at radius 2 is 2.05 bits per heavy atom. The van der Waals surface area contributed by atoms with E-state index >= 15 is 0 Å². The Bertz CT molecular complexity index is 713. The van der Waals surface area contributed by atoms with Gasteiger partial charge in [0.1, 0.15) is 4.88 Å². The zero-order chi connectivity index (χ0) is 15.0. The number of fused-ring (bicyclic) bond motifs is 1. The van der Waals surface area contributed by atoms with Crippen molar-refractivity contribution >= 4 is 23.4 Å². The van der Waals surface area contributed by atoms with Crippen LogP contribution in [-0.4, -0.2) is 26.6 Å². The fourth-order valence-electron chi connectivity index (χ4n) is 2.67. The molecule has 0 aliphatic heterocycles. The minimum absolute atomic E-state index is 0.256. The number of carboxylic acids is 1. The highest BCUT2D eigenvalue weighted by Gasteiger charge is 2.36. The first kappa shape index (κ1) is 13.7. The van der Waals surface area contributed by atoms with Crippen molar-refractivity contribution in [1.82, 2.24) is 14.9 Å². The van der Waals surface area contributed by atoms with Crippen molar-refractivity contribution in [3.63, 3.8) is 0 Å². The SMILES string of the molecule is Cc1nnsc1C(=O)NC1CC(C(=O)O)c2ccccc21. The molecule has 0 fully saturated rings. The molecule has 2 aromatic rings. The van der Waals surface area contributed by atoms with Crippen molar-refractivity contribution in [1.29, 1.82) is 0 Å². The van der Waals surface area contributed by atoms with E-state index in [1.165, 1.54) is 0 Å². The minimum Gasteiger partial charge on any atom is -0.481 e. The van der Waals surface area contributed by atoms with E-state index in [-0.39, 0.29) is 11.9 Å². The quantitative estimate of drug-likeness (QED) is 0.903. The highest BCUT2D eigenvalue weighted by Crippen LogP contribution is 2.40. The zero-order valence-corrected chi connectivity index (χ0v) is 12.1. The second kappa shape index (κ2) is 5.25. The molecular formula is C14H13N3O3S. The van der Waals surface area contributed by atoms with Gasteiger partial charge in [0, 0.05) is 0 Å². The fourth-order valence-corrected chi connectivity index (χ4v) is 3.23. The predicted octanol–water partition coefficient (Wildman–Crippen LogP) is 1.89. The number of aryl methyl sites for hydroxylation is 1. The van der Waals surface area contributed by atoms with Crippen molar-refractivity contribution in [2.45, 2.75) is 25.3 Å². The van der Waals surface area contributed by atoms with Gasteiger partial charge in [-0.2, -0.15) is 0 Å². The molecule has 0 saturated heterocycles. The van der Waals surface area contributed by atoms with Gasteiger partial charge in [-0.05, 0) is 36.0 Å². The molecule has 0 radical (unpaired) electrons. The number of benzene rings is 1. The number of carbonyl (C=O) groups is 2. The standard InChI is InChI=1S/C14H13N3O3S/c1-7-12(21-17-16-7)13(18)15-11-6-10(14(19)20)8-4-2-3-5-9(8)11/h2-5,10-11H,6H2,1H3,(H,15,18)(H,19,20). The van der Waals surface area contributed by atoms with E-state index in [1.54, 1.807) is 13.0 Å². The number of aliphatic carboxylic acids is 1. The summed E-state index contributed by atoms with van der Waals surface area (Å²) in [7, 11) is 0. The summed E-state index contributed by atoms with van der Waals surface area (Å²) in [5, 5.41) is 16.0. The molecule has 2 unspecified atom stereocenters. The Kier molecular flexibility index (Phi) is 3.42. The molecule has 3 rings (SSSR count). The lowest BCUT2D eigenvalue weighted by Crippen LogP contribution is -2.27.